The van der Waals surface area contributed by atoms with Crippen LogP contribution in [0.3, 0.4) is 0 Å². The molecule has 4 rings (SSSR count). The van der Waals surface area contributed by atoms with Crippen molar-refractivity contribution < 1.29 is 38.4 Å². The van der Waals surface area contributed by atoms with Crippen LogP contribution in [0.4, 0.5) is 0 Å². The summed E-state index contributed by atoms with van der Waals surface area (Å²) in [5, 5.41) is 1.75. The van der Waals surface area contributed by atoms with Crippen LogP contribution in [0, 0.1) is 16.7 Å². The van der Waals surface area contributed by atoms with Gasteiger partial charge in [-0.05, 0) is 0 Å². The van der Waals surface area contributed by atoms with Crippen molar-refractivity contribution in [1.29, 1.82) is 0 Å². The smallest absolute Gasteiger partial charge is 0.284 e. The molecule has 3 heterocycles. The van der Waals surface area contributed by atoms with Crippen LogP contribution in [0.25, 0.3) is 0 Å². The second kappa shape index (κ2) is 3.63. The lowest BCUT2D eigenvalue weighted by atomic mass is 9.54. The average molecular weight is 333 g/mol. The minimum absolute atomic E-state index is 0.446. The molecule has 2 spiro atoms. The summed E-state index contributed by atoms with van der Waals surface area (Å²) in [6, 6.07) is 0. The molecular formula is C13H7N3O8. The largest absolute Gasteiger partial charge is 0.297 e. The molecular weight excluding hydrogens is 326 g/mol. The molecule has 1 aliphatic carbocycles. The Hall–Kier alpha value is -3.24. The second-order valence-electron chi connectivity index (χ2n) is 5.95. The highest BCUT2D eigenvalue weighted by atomic mass is 16.2. The minimum atomic E-state index is -2.39. The first kappa shape index (κ1) is 14.4. The summed E-state index contributed by atoms with van der Waals surface area (Å²) in [4.78, 5) is 95.4. The van der Waals surface area contributed by atoms with Gasteiger partial charge in [-0.25, -0.2) is 0 Å². The maximum absolute atomic E-state index is 12.1. The lowest BCUT2D eigenvalue weighted by Gasteiger charge is -2.53. The summed E-state index contributed by atoms with van der Waals surface area (Å²) < 4.78 is 0. The van der Waals surface area contributed by atoms with E-state index in [4.69, 9.17) is 0 Å². The van der Waals surface area contributed by atoms with Gasteiger partial charge in [0, 0.05) is 13.6 Å². The number of ketones is 2. The van der Waals surface area contributed by atoms with Crippen molar-refractivity contribution in [3.8, 4) is 0 Å². The number of β-lactam (4-membered cyclic amide) rings is 6. The van der Waals surface area contributed by atoms with Gasteiger partial charge in [-0.1, -0.05) is 0 Å². The maximum atomic E-state index is 12.1. The monoisotopic (exact) mass is 333 g/mol. The predicted octanol–water partition coefficient (Wildman–Crippen LogP) is -4.25. The van der Waals surface area contributed by atoms with E-state index in [-0.39, 0.29) is 0 Å². The van der Waals surface area contributed by atoms with Crippen LogP contribution >= 0.6 is 0 Å². The number of carbonyl (C=O) groups excluding carboxylic acids is 8. The van der Waals surface area contributed by atoms with E-state index in [2.05, 4.69) is 0 Å². The highest BCUT2D eigenvalue weighted by Gasteiger charge is 2.81. The summed E-state index contributed by atoms with van der Waals surface area (Å²) in [7, 11) is 1.12. The number of Topliss-reactive ketones (excluding diaryl/α,β-unsaturated/α-hetero) is 2. The van der Waals surface area contributed by atoms with Gasteiger partial charge in [0.25, 0.3) is 40.9 Å². The average Bonchev–Trinajstić information content (AvgIpc) is 2.55. The fraction of sp³-hybridized carbons (Fsp3) is 0.385. The molecule has 6 amide bonds. The van der Waals surface area contributed by atoms with Gasteiger partial charge in [0.1, 0.15) is 0 Å². The van der Waals surface area contributed by atoms with Crippen molar-refractivity contribution in [2.75, 3.05) is 13.6 Å². The summed E-state index contributed by atoms with van der Waals surface area (Å²) in [6.07, 6.45) is 0. The SMILES string of the molecule is CN1C(=O)C2(C(=O)C(CN3C(=O)C4(C(=O)NC4=O)C3=O)C2=O)C1=O. The number of imide groups is 3. The van der Waals surface area contributed by atoms with Gasteiger partial charge in [-0.15, -0.1) is 0 Å². The van der Waals surface area contributed by atoms with Crippen molar-refractivity contribution in [1.82, 2.24) is 15.1 Å². The van der Waals surface area contributed by atoms with Crippen molar-refractivity contribution >= 4 is 47.0 Å². The Labute approximate surface area is 131 Å². The van der Waals surface area contributed by atoms with Gasteiger partial charge in [0.15, 0.2) is 11.6 Å². The van der Waals surface area contributed by atoms with E-state index in [0.717, 1.165) is 7.05 Å². The Morgan fingerprint density at radius 1 is 0.792 bits per heavy atom. The topological polar surface area (TPSA) is 155 Å². The third-order valence-electron chi connectivity index (χ3n) is 5.03. The molecule has 0 aromatic carbocycles. The number of rotatable bonds is 2. The van der Waals surface area contributed by atoms with E-state index in [1.165, 1.54) is 0 Å². The molecule has 11 heteroatoms. The van der Waals surface area contributed by atoms with Crippen LogP contribution < -0.4 is 5.32 Å². The highest BCUT2D eigenvalue weighted by molar-refractivity contribution is 6.56. The zero-order valence-electron chi connectivity index (χ0n) is 11.9. The van der Waals surface area contributed by atoms with Gasteiger partial charge in [0.05, 0.1) is 5.92 Å². The fourth-order valence-corrected chi connectivity index (χ4v) is 3.51. The van der Waals surface area contributed by atoms with Crippen molar-refractivity contribution in [2.45, 2.75) is 0 Å². The zero-order valence-corrected chi connectivity index (χ0v) is 11.9. The maximum Gasteiger partial charge on any atom is 0.284 e. The third-order valence-corrected chi connectivity index (χ3v) is 5.03. The first-order valence-corrected chi connectivity index (χ1v) is 6.78. The van der Waals surface area contributed by atoms with Gasteiger partial charge in [-0.3, -0.25) is 53.5 Å². The Morgan fingerprint density at radius 2 is 1.25 bits per heavy atom. The number of carbonyl (C=O) groups is 8. The molecule has 0 bridgehead atoms. The van der Waals surface area contributed by atoms with Crippen molar-refractivity contribution in [3.63, 3.8) is 0 Å². The molecule has 0 aromatic rings. The molecule has 3 saturated heterocycles. The van der Waals surface area contributed by atoms with E-state index < -0.39 is 70.3 Å². The molecule has 0 radical (unpaired) electrons. The zero-order chi connectivity index (χ0) is 17.8. The van der Waals surface area contributed by atoms with Gasteiger partial charge in [-0.2, -0.15) is 0 Å². The molecule has 4 fully saturated rings. The van der Waals surface area contributed by atoms with Crippen LogP contribution in [-0.4, -0.2) is 70.4 Å². The quantitative estimate of drug-likeness (QED) is 0.393. The first-order valence-electron chi connectivity index (χ1n) is 6.78. The Morgan fingerprint density at radius 3 is 1.67 bits per heavy atom. The second-order valence-corrected chi connectivity index (χ2v) is 5.95. The summed E-state index contributed by atoms with van der Waals surface area (Å²) >= 11 is 0. The summed E-state index contributed by atoms with van der Waals surface area (Å²) in [5.41, 5.74) is -4.73. The number of hydrogen-bond acceptors (Lipinski definition) is 8. The van der Waals surface area contributed by atoms with Gasteiger partial charge >= 0.3 is 0 Å². The molecule has 1 saturated carbocycles. The third kappa shape index (κ3) is 1.00. The van der Waals surface area contributed by atoms with E-state index >= 15 is 0 Å². The number of nitrogens with zero attached hydrogens (tertiary/aromatic N) is 2. The highest BCUT2D eigenvalue weighted by Crippen LogP contribution is 2.49. The predicted molar refractivity (Wildman–Crippen MR) is 66.0 cm³/mol. The van der Waals surface area contributed by atoms with Crippen LogP contribution in [0.5, 0.6) is 0 Å². The fourth-order valence-electron chi connectivity index (χ4n) is 3.51. The Kier molecular flexibility index (Phi) is 2.17. The number of hydrogen-bond donors (Lipinski definition) is 1. The van der Waals surface area contributed by atoms with Gasteiger partial charge < -0.3 is 0 Å². The van der Waals surface area contributed by atoms with Crippen LogP contribution in [0.1, 0.15) is 0 Å². The normalized spacial score (nSPS) is 27.2. The van der Waals surface area contributed by atoms with E-state index in [0.29, 0.717) is 9.80 Å². The van der Waals surface area contributed by atoms with Crippen LogP contribution in [0.15, 0.2) is 0 Å². The summed E-state index contributed by atoms with van der Waals surface area (Å²) in [6.45, 7) is -0.691. The van der Waals surface area contributed by atoms with E-state index in [1.807, 2.05) is 0 Å². The number of likely N-dealkylation sites (tertiary alicyclic amines) is 2. The minimum Gasteiger partial charge on any atom is -0.297 e. The van der Waals surface area contributed by atoms with Crippen LogP contribution in [-0.2, 0) is 38.4 Å². The van der Waals surface area contributed by atoms with E-state index in [1.54, 1.807) is 5.32 Å². The molecule has 4 aliphatic rings. The van der Waals surface area contributed by atoms with E-state index in [9.17, 15) is 38.4 Å². The Bertz CT molecular complexity index is 804. The molecule has 0 aromatic heterocycles. The molecule has 122 valence electrons. The lowest BCUT2D eigenvalue weighted by Crippen LogP contribution is -2.85. The molecule has 0 unspecified atom stereocenters. The molecule has 3 aliphatic heterocycles. The molecule has 0 atom stereocenters. The van der Waals surface area contributed by atoms with Gasteiger partial charge in [0.2, 0.25) is 5.41 Å². The Balaban J connectivity index is 1.54. The summed E-state index contributed by atoms with van der Waals surface area (Å²) in [5.74, 6) is -9.68. The molecule has 1 N–H and O–H groups in total. The number of amides is 6. The van der Waals surface area contributed by atoms with Crippen molar-refractivity contribution in [2.24, 2.45) is 16.7 Å². The van der Waals surface area contributed by atoms with Crippen LogP contribution in [0.2, 0.25) is 0 Å². The molecule has 11 nitrogen and oxygen atoms in total. The lowest BCUT2D eigenvalue weighted by molar-refractivity contribution is -0.191. The molecule has 24 heavy (non-hydrogen) atoms. The van der Waals surface area contributed by atoms with Crippen molar-refractivity contribution in [3.05, 3.63) is 0 Å². The first-order chi connectivity index (χ1) is 11.1. The number of nitrogens with one attached hydrogen (secondary N) is 1. The standard InChI is InChI=1S/C13H7N3O8/c1-15-8(21)12(9(15)22)4(17)3(5(12)18)2-16-10(23)13(11(16)24)6(19)14-7(13)20/h3H,2H2,1H3,(H,14,19,20).